The van der Waals surface area contributed by atoms with Crippen LogP contribution in [0.5, 0.6) is 0 Å². The minimum atomic E-state index is -0.239. The van der Waals surface area contributed by atoms with E-state index in [1.807, 2.05) is 33.9 Å². The Balaban J connectivity index is 2.51. The third-order valence-corrected chi connectivity index (χ3v) is 1.69. The van der Waals surface area contributed by atoms with E-state index in [0.717, 1.165) is 6.54 Å². The van der Waals surface area contributed by atoms with E-state index in [9.17, 15) is 4.79 Å². The zero-order valence-electron chi connectivity index (χ0n) is 9.66. The fourth-order valence-corrected chi connectivity index (χ4v) is 1.09. The van der Waals surface area contributed by atoms with Crippen LogP contribution in [0.2, 0.25) is 0 Å². The van der Waals surface area contributed by atoms with Crippen LogP contribution < -0.4 is 10.6 Å². The van der Waals surface area contributed by atoms with Crippen LogP contribution in [0, 0.1) is 0 Å². The lowest BCUT2D eigenvalue weighted by atomic mass is 10.1. The molecule has 0 radical (unpaired) electrons. The molecule has 1 rings (SSSR count). The van der Waals surface area contributed by atoms with E-state index in [2.05, 4.69) is 15.7 Å². The van der Waals surface area contributed by atoms with E-state index in [4.69, 9.17) is 0 Å². The number of anilines is 1. The number of nitrogens with zero attached hydrogens (tertiary/aromatic N) is 2. The molecule has 0 aliphatic heterocycles. The van der Waals surface area contributed by atoms with Crippen molar-refractivity contribution in [1.29, 1.82) is 0 Å². The van der Waals surface area contributed by atoms with Crippen molar-refractivity contribution in [3.8, 4) is 0 Å². The van der Waals surface area contributed by atoms with Crippen LogP contribution >= 0.6 is 0 Å². The Morgan fingerprint density at radius 1 is 1.53 bits per heavy atom. The van der Waals surface area contributed by atoms with Gasteiger partial charge in [0.05, 0.1) is 0 Å². The molecule has 1 aromatic rings. The summed E-state index contributed by atoms with van der Waals surface area (Å²) in [7, 11) is 0. The molecule has 0 atom stereocenters. The topological polar surface area (TPSA) is 59.0 Å². The number of hydrogen-bond acceptors (Lipinski definition) is 2. The highest BCUT2D eigenvalue weighted by Crippen LogP contribution is 2.04. The molecule has 2 amide bonds. The van der Waals surface area contributed by atoms with Crippen molar-refractivity contribution in [2.75, 3.05) is 5.32 Å². The number of carbonyl (C=O) groups excluding carboxylic acids is 1. The monoisotopic (exact) mass is 210 g/mol. The summed E-state index contributed by atoms with van der Waals surface area (Å²) >= 11 is 0. The van der Waals surface area contributed by atoms with Crippen LogP contribution in [-0.2, 0) is 6.54 Å². The van der Waals surface area contributed by atoms with Crippen molar-refractivity contribution in [1.82, 2.24) is 15.1 Å². The smallest absolute Gasteiger partial charge is 0.320 e. The predicted molar refractivity (Wildman–Crippen MR) is 59.8 cm³/mol. The second kappa shape index (κ2) is 4.33. The third kappa shape index (κ3) is 4.01. The molecule has 1 aromatic heterocycles. The summed E-state index contributed by atoms with van der Waals surface area (Å²) in [5.41, 5.74) is -0.239. The Morgan fingerprint density at radius 3 is 2.67 bits per heavy atom. The SMILES string of the molecule is CCn1ccc(NC(=O)NC(C)(C)C)n1. The average molecular weight is 210 g/mol. The maximum absolute atomic E-state index is 11.5. The largest absolute Gasteiger partial charge is 0.333 e. The number of aryl methyl sites for hydroxylation is 1. The van der Waals surface area contributed by atoms with Gasteiger partial charge in [-0.2, -0.15) is 5.10 Å². The lowest BCUT2D eigenvalue weighted by Crippen LogP contribution is -2.43. The molecule has 0 bridgehead atoms. The van der Waals surface area contributed by atoms with Crippen molar-refractivity contribution in [2.45, 2.75) is 39.8 Å². The predicted octanol–water partition coefficient (Wildman–Crippen LogP) is 1.82. The first-order valence-corrected chi connectivity index (χ1v) is 5.03. The number of aromatic nitrogens is 2. The summed E-state index contributed by atoms with van der Waals surface area (Å²) in [6, 6.07) is 1.54. The van der Waals surface area contributed by atoms with Gasteiger partial charge in [0.1, 0.15) is 0 Å². The van der Waals surface area contributed by atoms with Gasteiger partial charge in [-0.25, -0.2) is 4.79 Å². The summed E-state index contributed by atoms with van der Waals surface area (Å²) in [4.78, 5) is 11.5. The molecule has 15 heavy (non-hydrogen) atoms. The standard InChI is InChI=1S/C10H18N4O/c1-5-14-7-6-8(13-14)11-9(15)12-10(2,3)4/h6-7H,5H2,1-4H3,(H2,11,12,13,15). The van der Waals surface area contributed by atoms with Crippen LogP contribution in [0.1, 0.15) is 27.7 Å². The fourth-order valence-electron chi connectivity index (χ4n) is 1.09. The molecule has 2 N–H and O–H groups in total. The third-order valence-electron chi connectivity index (χ3n) is 1.69. The van der Waals surface area contributed by atoms with E-state index >= 15 is 0 Å². The van der Waals surface area contributed by atoms with Crippen LogP contribution in [0.15, 0.2) is 12.3 Å². The molecule has 0 aromatic carbocycles. The van der Waals surface area contributed by atoms with Crippen molar-refractivity contribution in [2.24, 2.45) is 0 Å². The second-order valence-electron chi connectivity index (χ2n) is 4.39. The lowest BCUT2D eigenvalue weighted by molar-refractivity contribution is 0.243. The zero-order chi connectivity index (χ0) is 11.5. The molecule has 5 heteroatoms. The fraction of sp³-hybridized carbons (Fsp3) is 0.600. The quantitative estimate of drug-likeness (QED) is 0.782. The Morgan fingerprint density at radius 2 is 2.20 bits per heavy atom. The van der Waals surface area contributed by atoms with Gasteiger partial charge in [0, 0.05) is 24.3 Å². The van der Waals surface area contributed by atoms with Crippen LogP contribution in [0.3, 0.4) is 0 Å². The summed E-state index contributed by atoms with van der Waals surface area (Å²) in [5.74, 6) is 0.568. The van der Waals surface area contributed by atoms with Crippen molar-refractivity contribution < 1.29 is 4.79 Å². The van der Waals surface area contributed by atoms with Crippen molar-refractivity contribution in [3.63, 3.8) is 0 Å². The van der Waals surface area contributed by atoms with Crippen LogP contribution in [0.25, 0.3) is 0 Å². The van der Waals surface area contributed by atoms with Gasteiger partial charge >= 0.3 is 6.03 Å². The van der Waals surface area contributed by atoms with Gasteiger partial charge in [-0.05, 0) is 27.7 Å². The summed E-state index contributed by atoms with van der Waals surface area (Å²) in [6.07, 6.45) is 1.83. The van der Waals surface area contributed by atoms with Crippen LogP contribution in [0.4, 0.5) is 10.6 Å². The van der Waals surface area contributed by atoms with Gasteiger partial charge in [-0.1, -0.05) is 0 Å². The first-order valence-electron chi connectivity index (χ1n) is 5.03. The normalized spacial score (nSPS) is 11.2. The number of urea groups is 1. The van der Waals surface area contributed by atoms with E-state index < -0.39 is 0 Å². The molecule has 0 saturated carbocycles. The minimum Gasteiger partial charge on any atom is -0.333 e. The Hall–Kier alpha value is -1.52. The maximum atomic E-state index is 11.5. The lowest BCUT2D eigenvalue weighted by Gasteiger charge is -2.20. The molecule has 84 valence electrons. The van der Waals surface area contributed by atoms with E-state index in [0.29, 0.717) is 5.82 Å². The maximum Gasteiger partial charge on any atom is 0.320 e. The molecule has 1 heterocycles. The van der Waals surface area contributed by atoms with Crippen molar-refractivity contribution in [3.05, 3.63) is 12.3 Å². The summed E-state index contributed by atoms with van der Waals surface area (Å²) < 4.78 is 1.76. The van der Waals surface area contributed by atoms with Gasteiger partial charge in [-0.3, -0.25) is 10.00 Å². The molecule has 5 nitrogen and oxygen atoms in total. The molecule has 0 fully saturated rings. The number of carbonyl (C=O) groups is 1. The molecular formula is C10H18N4O. The highest BCUT2D eigenvalue weighted by molar-refractivity contribution is 5.88. The van der Waals surface area contributed by atoms with Crippen molar-refractivity contribution >= 4 is 11.8 Å². The first kappa shape index (κ1) is 11.6. The van der Waals surface area contributed by atoms with E-state index in [1.165, 1.54) is 0 Å². The number of hydrogen-bond donors (Lipinski definition) is 2. The highest BCUT2D eigenvalue weighted by atomic mass is 16.2. The first-order chi connectivity index (χ1) is 6.90. The Kier molecular flexibility index (Phi) is 3.34. The molecule has 0 aliphatic rings. The zero-order valence-corrected chi connectivity index (χ0v) is 9.66. The molecule has 0 aliphatic carbocycles. The molecular weight excluding hydrogens is 192 g/mol. The Labute approximate surface area is 89.9 Å². The average Bonchev–Trinajstić information content (AvgIpc) is 2.48. The van der Waals surface area contributed by atoms with E-state index in [-0.39, 0.29) is 11.6 Å². The number of rotatable bonds is 2. The number of nitrogens with one attached hydrogen (secondary N) is 2. The van der Waals surface area contributed by atoms with E-state index in [1.54, 1.807) is 10.7 Å². The number of amides is 2. The second-order valence-corrected chi connectivity index (χ2v) is 4.39. The molecule has 0 saturated heterocycles. The Bertz CT molecular complexity index is 337. The molecule has 0 unspecified atom stereocenters. The van der Waals surface area contributed by atoms with Gasteiger partial charge < -0.3 is 5.32 Å². The summed E-state index contributed by atoms with van der Waals surface area (Å²) in [6.45, 7) is 8.57. The van der Waals surface area contributed by atoms with Gasteiger partial charge in [-0.15, -0.1) is 0 Å². The highest BCUT2D eigenvalue weighted by Gasteiger charge is 2.13. The molecule has 0 spiro atoms. The minimum absolute atomic E-state index is 0.233. The van der Waals surface area contributed by atoms with Gasteiger partial charge in [0.2, 0.25) is 0 Å². The summed E-state index contributed by atoms with van der Waals surface area (Å²) in [5, 5.41) is 9.61. The van der Waals surface area contributed by atoms with Crippen LogP contribution in [-0.4, -0.2) is 21.4 Å². The van der Waals surface area contributed by atoms with Gasteiger partial charge in [0.15, 0.2) is 5.82 Å². The van der Waals surface area contributed by atoms with Gasteiger partial charge in [0.25, 0.3) is 0 Å².